The molecule has 0 aromatic heterocycles. The van der Waals surface area contributed by atoms with E-state index in [4.69, 9.17) is 4.74 Å². The van der Waals surface area contributed by atoms with Crippen LogP contribution in [0.4, 0.5) is 0 Å². The smallest absolute Gasteiger partial charge is 0.305 e. The molecule has 0 radical (unpaired) electrons. The number of aliphatic hydroxyl groups is 1. The molecular weight excluding hydrogens is 256 g/mol. The largest absolute Gasteiger partial charge is 0.469 e. The summed E-state index contributed by atoms with van der Waals surface area (Å²) in [5.74, 6) is 1.00. The predicted octanol–water partition coefficient (Wildman–Crippen LogP) is 3.27. The summed E-state index contributed by atoms with van der Waals surface area (Å²) in [6, 6.07) is 0. The molecule has 1 N–H and O–H groups in total. The molecular formula is C16H30O4. The van der Waals surface area contributed by atoms with Crippen LogP contribution in [0.3, 0.4) is 0 Å². The molecule has 0 spiro atoms. The summed E-state index contributed by atoms with van der Waals surface area (Å²) in [5, 5.41) is 10.0. The Hall–Kier alpha value is -0.610. The summed E-state index contributed by atoms with van der Waals surface area (Å²) in [4.78, 5) is 10.9. The van der Waals surface area contributed by atoms with Gasteiger partial charge in [0.05, 0.1) is 7.11 Å². The molecule has 0 amide bonds. The van der Waals surface area contributed by atoms with Crippen LogP contribution < -0.4 is 0 Å². The quantitative estimate of drug-likeness (QED) is 0.401. The Balaban J connectivity index is 2.00. The highest BCUT2D eigenvalue weighted by Crippen LogP contribution is 2.32. The van der Waals surface area contributed by atoms with E-state index >= 15 is 0 Å². The van der Waals surface area contributed by atoms with E-state index in [2.05, 4.69) is 11.7 Å². The number of unbranched alkanes of at least 4 members (excludes halogenated alkanes) is 2. The standard InChI is InChI=1S/C16H30O4/c1-3-13-8-10-14(11-9-13)16(18)20-12-6-4-5-7-15(17)19-2/h13-14,16,18H,3-12H2,1-2H3. The minimum atomic E-state index is -0.603. The van der Waals surface area contributed by atoms with E-state index in [0.29, 0.717) is 18.9 Å². The number of hydrogen-bond donors (Lipinski definition) is 1. The van der Waals surface area contributed by atoms with Gasteiger partial charge in [-0.1, -0.05) is 32.6 Å². The fourth-order valence-corrected chi connectivity index (χ4v) is 2.87. The monoisotopic (exact) mass is 286 g/mol. The number of esters is 1. The summed E-state index contributed by atoms with van der Waals surface area (Å²) in [6.07, 6.45) is 8.39. The van der Waals surface area contributed by atoms with Crippen molar-refractivity contribution in [2.75, 3.05) is 13.7 Å². The Morgan fingerprint density at radius 2 is 1.90 bits per heavy atom. The molecule has 1 rings (SSSR count). The van der Waals surface area contributed by atoms with Crippen LogP contribution in [0.1, 0.15) is 64.7 Å². The predicted molar refractivity (Wildman–Crippen MR) is 78.2 cm³/mol. The van der Waals surface area contributed by atoms with Crippen molar-refractivity contribution in [1.29, 1.82) is 0 Å². The summed E-state index contributed by atoms with van der Waals surface area (Å²) in [6.45, 7) is 2.82. The van der Waals surface area contributed by atoms with E-state index in [1.807, 2.05) is 0 Å². The first-order valence-electron chi connectivity index (χ1n) is 8.03. The lowest BCUT2D eigenvalue weighted by Crippen LogP contribution is -2.28. The molecule has 1 atom stereocenters. The van der Waals surface area contributed by atoms with Crippen LogP contribution >= 0.6 is 0 Å². The van der Waals surface area contributed by atoms with Gasteiger partial charge in [0.15, 0.2) is 6.29 Å². The molecule has 20 heavy (non-hydrogen) atoms. The van der Waals surface area contributed by atoms with Gasteiger partial charge in [0.1, 0.15) is 0 Å². The first kappa shape index (κ1) is 17.4. The second-order valence-electron chi connectivity index (χ2n) is 5.84. The third-order valence-corrected chi connectivity index (χ3v) is 4.41. The molecule has 1 fully saturated rings. The fourth-order valence-electron chi connectivity index (χ4n) is 2.87. The number of aliphatic hydroxyl groups excluding tert-OH is 1. The van der Waals surface area contributed by atoms with Gasteiger partial charge in [-0.2, -0.15) is 0 Å². The van der Waals surface area contributed by atoms with Gasteiger partial charge in [-0.25, -0.2) is 0 Å². The average molecular weight is 286 g/mol. The van der Waals surface area contributed by atoms with Gasteiger partial charge >= 0.3 is 5.97 Å². The highest BCUT2D eigenvalue weighted by molar-refractivity contribution is 5.68. The highest BCUT2D eigenvalue weighted by atomic mass is 16.6. The number of ether oxygens (including phenoxy) is 2. The zero-order valence-electron chi connectivity index (χ0n) is 13.0. The summed E-state index contributed by atoms with van der Waals surface area (Å²) in [7, 11) is 1.41. The Bertz CT molecular complexity index is 259. The number of hydrogen-bond acceptors (Lipinski definition) is 4. The van der Waals surface area contributed by atoms with Gasteiger partial charge in [-0.05, 0) is 31.6 Å². The van der Waals surface area contributed by atoms with Gasteiger partial charge in [-0.15, -0.1) is 0 Å². The van der Waals surface area contributed by atoms with Crippen molar-refractivity contribution in [3.8, 4) is 0 Å². The Morgan fingerprint density at radius 3 is 2.50 bits per heavy atom. The van der Waals surface area contributed by atoms with Gasteiger partial charge in [0.2, 0.25) is 0 Å². The minimum Gasteiger partial charge on any atom is -0.469 e. The maximum atomic E-state index is 10.9. The van der Waals surface area contributed by atoms with Crippen LogP contribution in [0.5, 0.6) is 0 Å². The molecule has 1 aliphatic carbocycles. The fraction of sp³-hybridized carbons (Fsp3) is 0.938. The van der Waals surface area contributed by atoms with E-state index in [0.717, 1.165) is 38.0 Å². The molecule has 4 heteroatoms. The van der Waals surface area contributed by atoms with Crippen molar-refractivity contribution < 1.29 is 19.4 Å². The summed E-state index contributed by atoms with van der Waals surface area (Å²) in [5.41, 5.74) is 0. The van der Waals surface area contributed by atoms with Crippen molar-refractivity contribution in [2.45, 2.75) is 71.0 Å². The molecule has 0 saturated heterocycles. The molecule has 0 aromatic rings. The van der Waals surface area contributed by atoms with E-state index in [9.17, 15) is 9.90 Å². The highest BCUT2D eigenvalue weighted by Gasteiger charge is 2.25. The molecule has 0 aliphatic heterocycles. The molecule has 118 valence electrons. The maximum absolute atomic E-state index is 10.9. The Labute approximate surface area is 122 Å². The molecule has 1 unspecified atom stereocenters. The van der Waals surface area contributed by atoms with E-state index in [1.54, 1.807) is 0 Å². The Kier molecular flexibility index (Phi) is 8.86. The van der Waals surface area contributed by atoms with Gasteiger partial charge < -0.3 is 14.6 Å². The lowest BCUT2D eigenvalue weighted by atomic mass is 9.80. The number of rotatable bonds is 9. The van der Waals surface area contributed by atoms with Crippen LogP contribution in [0.2, 0.25) is 0 Å². The Morgan fingerprint density at radius 1 is 1.20 bits per heavy atom. The second kappa shape index (κ2) is 10.2. The third-order valence-electron chi connectivity index (χ3n) is 4.41. The molecule has 0 aromatic carbocycles. The van der Waals surface area contributed by atoms with Crippen molar-refractivity contribution in [2.24, 2.45) is 11.8 Å². The SMILES string of the molecule is CCC1CCC(C(O)OCCCCCC(=O)OC)CC1. The summed E-state index contributed by atoms with van der Waals surface area (Å²) >= 11 is 0. The van der Waals surface area contributed by atoms with Crippen molar-refractivity contribution in [3.05, 3.63) is 0 Å². The minimum absolute atomic E-state index is 0.154. The van der Waals surface area contributed by atoms with Crippen LogP contribution in [0.15, 0.2) is 0 Å². The number of carbonyl (C=O) groups excluding carboxylic acids is 1. The second-order valence-corrected chi connectivity index (χ2v) is 5.84. The number of methoxy groups -OCH3 is 1. The topological polar surface area (TPSA) is 55.8 Å². The number of carbonyl (C=O) groups is 1. The van der Waals surface area contributed by atoms with E-state index in [1.165, 1.54) is 26.4 Å². The van der Waals surface area contributed by atoms with Gasteiger partial charge in [0.25, 0.3) is 0 Å². The molecule has 0 bridgehead atoms. The van der Waals surface area contributed by atoms with Crippen LogP contribution in [-0.4, -0.2) is 31.1 Å². The molecule has 1 aliphatic rings. The lowest BCUT2D eigenvalue weighted by Gasteiger charge is -2.30. The van der Waals surface area contributed by atoms with Crippen LogP contribution in [-0.2, 0) is 14.3 Å². The molecule has 1 saturated carbocycles. The maximum Gasteiger partial charge on any atom is 0.305 e. The zero-order valence-corrected chi connectivity index (χ0v) is 13.0. The third kappa shape index (κ3) is 6.71. The normalized spacial score (nSPS) is 24.4. The van der Waals surface area contributed by atoms with Crippen molar-refractivity contribution in [3.63, 3.8) is 0 Å². The van der Waals surface area contributed by atoms with Crippen LogP contribution in [0.25, 0.3) is 0 Å². The van der Waals surface area contributed by atoms with Crippen molar-refractivity contribution >= 4 is 5.97 Å². The van der Waals surface area contributed by atoms with Gasteiger partial charge in [-0.3, -0.25) is 4.79 Å². The summed E-state index contributed by atoms with van der Waals surface area (Å²) < 4.78 is 10.1. The zero-order chi connectivity index (χ0) is 14.8. The first-order chi connectivity index (χ1) is 9.67. The van der Waals surface area contributed by atoms with E-state index in [-0.39, 0.29) is 5.97 Å². The first-order valence-corrected chi connectivity index (χ1v) is 8.03. The average Bonchev–Trinajstić information content (AvgIpc) is 2.50. The van der Waals surface area contributed by atoms with Crippen LogP contribution in [0, 0.1) is 11.8 Å². The van der Waals surface area contributed by atoms with E-state index < -0.39 is 6.29 Å². The van der Waals surface area contributed by atoms with Crippen molar-refractivity contribution in [1.82, 2.24) is 0 Å². The lowest BCUT2D eigenvalue weighted by molar-refractivity contribution is -0.144. The molecule has 4 nitrogen and oxygen atoms in total. The molecule has 0 heterocycles. The van der Waals surface area contributed by atoms with Gasteiger partial charge in [0, 0.05) is 18.9 Å².